The number of aromatic amines is 2. The summed E-state index contributed by atoms with van der Waals surface area (Å²) in [5.41, 5.74) is 19.9. The van der Waals surface area contributed by atoms with E-state index in [4.69, 9.17) is 23.9 Å². The van der Waals surface area contributed by atoms with Gasteiger partial charge >= 0.3 is 17.4 Å². The zero-order valence-corrected chi connectivity index (χ0v) is 45.0. The van der Waals surface area contributed by atoms with Crippen molar-refractivity contribution in [2.75, 3.05) is 43.8 Å². The third-order valence-corrected chi connectivity index (χ3v) is 15.4. The Hall–Kier alpha value is -9.87. The number of para-hydroxylation sites is 4. The van der Waals surface area contributed by atoms with E-state index < -0.39 is 6.03 Å². The number of nitrogen functional groups attached to an aromatic ring is 1. The van der Waals surface area contributed by atoms with Crippen molar-refractivity contribution in [3.63, 3.8) is 0 Å². The van der Waals surface area contributed by atoms with Crippen LogP contribution in [0.3, 0.4) is 0 Å². The number of fused-ring (bicyclic) bond motifs is 2. The average molecular weight is 1070 g/mol. The molecule has 2 aliphatic rings. The maximum absolute atomic E-state index is 12.7. The normalized spacial score (nSPS) is 14.2. The number of urea groups is 1. The lowest BCUT2D eigenvalue weighted by atomic mass is 9.97. The van der Waals surface area contributed by atoms with Crippen molar-refractivity contribution in [1.29, 1.82) is 0 Å². The molecule has 2 aliphatic heterocycles. The number of aromatic nitrogens is 6. The van der Waals surface area contributed by atoms with Gasteiger partial charge in [-0.1, -0.05) is 133 Å². The van der Waals surface area contributed by atoms with E-state index in [0.29, 0.717) is 17.9 Å². The van der Waals surface area contributed by atoms with Crippen molar-refractivity contribution in [2.45, 2.75) is 57.8 Å². The summed E-state index contributed by atoms with van der Waals surface area (Å²) < 4.78 is 3.86. The second-order valence-electron chi connectivity index (χ2n) is 20.5. The van der Waals surface area contributed by atoms with Gasteiger partial charge in [0.25, 0.3) is 0 Å². The van der Waals surface area contributed by atoms with Crippen molar-refractivity contribution in [2.24, 2.45) is 0 Å². The molecule has 16 heteroatoms. The number of rotatable bonds is 12. The lowest BCUT2D eigenvalue weighted by Gasteiger charge is -2.32. The third kappa shape index (κ3) is 11.7. The van der Waals surface area contributed by atoms with Crippen molar-refractivity contribution in [3.05, 3.63) is 225 Å². The van der Waals surface area contributed by atoms with Crippen LogP contribution in [0, 0.1) is 13.1 Å². The van der Waals surface area contributed by atoms with E-state index in [1.807, 2.05) is 131 Å². The van der Waals surface area contributed by atoms with Crippen LogP contribution >= 0.6 is 0 Å². The minimum atomic E-state index is -0.396. The molecule has 404 valence electrons. The first-order chi connectivity index (χ1) is 39.6. The van der Waals surface area contributed by atoms with Crippen LogP contribution in [0.4, 0.5) is 27.8 Å². The molecule has 6 N–H and O–H groups in total. The summed E-state index contributed by atoms with van der Waals surface area (Å²) >= 11 is 0. The molecular formula is C65H61N13O3. The molecule has 0 unspecified atom stereocenters. The van der Waals surface area contributed by atoms with E-state index in [0.717, 1.165) is 126 Å². The highest BCUT2D eigenvalue weighted by molar-refractivity contribution is 5.95. The lowest BCUT2D eigenvalue weighted by Crippen LogP contribution is -2.36. The van der Waals surface area contributed by atoms with E-state index in [1.165, 1.54) is 11.1 Å². The number of piperidine rings is 2. The molecule has 6 aromatic carbocycles. The van der Waals surface area contributed by atoms with E-state index in [-0.39, 0.29) is 40.8 Å². The van der Waals surface area contributed by atoms with Crippen LogP contribution in [-0.2, 0) is 13.1 Å². The first-order valence-corrected chi connectivity index (χ1v) is 27.4. The molecule has 0 aliphatic carbocycles. The van der Waals surface area contributed by atoms with Gasteiger partial charge in [0.1, 0.15) is 11.6 Å². The number of likely N-dealkylation sites (tertiary alicyclic amines) is 2. The first-order valence-electron chi connectivity index (χ1n) is 27.4. The summed E-state index contributed by atoms with van der Waals surface area (Å²) in [6.07, 6.45) is 3.71. The number of nitrogens with two attached hydrogens (primary N) is 1. The summed E-state index contributed by atoms with van der Waals surface area (Å²) in [6.45, 7) is 22.8. The number of imidazole rings is 2. The van der Waals surface area contributed by atoms with E-state index in [9.17, 15) is 14.4 Å². The predicted molar refractivity (Wildman–Crippen MR) is 322 cm³/mol. The van der Waals surface area contributed by atoms with Gasteiger partial charge in [-0.05, 0) is 102 Å². The fourth-order valence-electron chi connectivity index (χ4n) is 11.3. The Morgan fingerprint density at radius 3 is 1.43 bits per heavy atom. The summed E-state index contributed by atoms with van der Waals surface area (Å²) in [7, 11) is 0. The number of benzene rings is 6. The molecule has 0 atom stereocenters. The lowest BCUT2D eigenvalue weighted by molar-refractivity contribution is 0.180. The molecule has 12 rings (SSSR count). The van der Waals surface area contributed by atoms with Gasteiger partial charge in [-0.25, -0.2) is 34.0 Å². The van der Waals surface area contributed by atoms with E-state index >= 15 is 0 Å². The first kappa shape index (κ1) is 53.1. The number of hydrogen-bond donors (Lipinski definition) is 5. The van der Waals surface area contributed by atoms with Crippen molar-refractivity contribution >= 4 is 51.1 Å². The third-order valence-electron chi connectivity index (χ3n) is 15.4. The molecule has 6 heterocycles. The Balaban J connectivity index is 0.000000172. The van der Waals surface area contributed by atoms with Crippen LogP contribution in [0.15, 0.2) is 179 Å². The van der Waals surface area contributed by atoms with Crippen LogP contribution in [0.2, 0.25) is 0 Å². The van der Waals surface area contributed by atoms with Gasteiger partial charge in [-0.3, -0.25) is 18.9 Å². The summed E-state index contributed by atoms with van der Waals surface area (Å²) in [6, 6.07) is 56.0. The highest BCUT2D eigenvalue weighted by atomic mass is 16.2. The molecule has 81 heavy (non-hydrogen) atoms. The SMILES string of the molecule is [C-]#[N+]c1cc(-c2ccccc2)c(-c2ccc(CN3CCC(n4c(=O)[nH]c5ccccc54)CC3)cc2)nc1N.[C-]#[N+]c1cc(-c2ccccc2)c(-c2ccc(CN3CCC(n4c(=O)[nH]c5ccccc54)CC3)cc2)nc1NC(=O)NCC. The van der Waals surface area contributed by atoms with Crippen LogP contribution < -0.4 is 27.7 Å². The number of carbonyl (C=O) groups is 1. The highest BCUT2D eigenvalue weighted by Crippen LogP contribution is 2.39. The number of pyridine rings is 2. The Kier molecular flexibility index (Phi) is 15.8. The molecular weight excluding hydrogens is 1010 g/mol. The molecule has 2 saturated heterocycles. The second kappa shape index (κ2) is 24.0. The number of hydrogen-bond acceptors (Lipinski definition) is 8. The highest BCUT2D eigenvalue weighted by Gasteiger charge is 2.26. The monoisotopic (exact) mass is 1070 g/mol. The zero-order valence-electron chi connectivity index (χ0n) is 45.0. The van der Waals surface area contributed by atoms with Crippen LogP contribution in [0.25, 0.3) is 76.5 Å². The van der Waals surface area contributed by atoms with Crippen molar-refractivity contribution in [3.8, 4) is 44.8 Å². The standard InChI is InChI=1S/C34H33N7O2.C31H28N6O/c1-3-36-33(42)39-32-29(35-2)21-27(24-9-5-4-6-10-24)31(38-32)25-15-13-23(14-16-25)22-40-19-17-26(18-20-40)41-30-12-8-7-11-28(30)37-34(41)43;1-33-27-19-25(22-7-3-2-4-8-22)29(35-30(27)32)23-13-11-21(12-14-23)20-36-17-15-24(16-18-36)37-28-10-6-5-9-26(28)34-31(37)38/h4-16,21,26H,3,17-20,22H2,1H3,(H,37,43)(H2,36,38,39,42);2-14,19,24H,15-18,20H2,(H2,32,35)(H,34,38). The maximum atomic E-state index is 12.7. The summed E-state index contributed by atoms with van der Waals surface area (Å²) in [5.74, 6) is 0.479. The van der Waals surface area contributed by atoms with Gasteiger partial charge in [0.15, 0.2) is 0 Å². The minimum Gasteiger partial charge on any atom is -0.392 e. The van der Waals surface area contributed by atoms with Gasteiger partial charge < -0.3 is 26.3 Å². The number of H-pyrrole nitrogens is 2. The summed E-state index contributed by atoms with van der Waals surface area (Å²) in [5, 5.41) is 5.44. The minimum absolute atomic E-state index is 0.0196. The molecule has 0 saturated carbocycles. The second-order valence-corrected chi connectivity index (χ2v) is 20.5. The molecule has 4 aromatic heterocycles. The Morgan fingerprint density at radius 1 is 0.568 bits per heavy atom. The zero-order chi connectivity index (χ0) is 55.8. The Bertz CT molecular complexity index is 4060. The smallest absolute Gasteiger partial charge is 0.326 e. The van der Waals surface area contributed by atoms with Gasteiger partial charge in [0.2, 0.25) is 11.4 Å². The number of nitrogens with one attached hydrogen (secondary N) is 4. The maximum Gasteiger partial charge on any atom is 0.326 e. The fourth-order valence-corrected chi connectivity index (χ4v) is 11.3. The number of carbonyl (C=O) groups excluding carboxylic acids is 1. The van der Waals surface area contributed by atoms with Gasteiger partial charge in [-0.2, -0.15) is 0 Å². The average Bonchev–Trinajstić information content (AvgIpc) is 4.15. The Morgan fingerprint density at radius 2 is 0.988 bits per heavy atom. The molecule has 0 bridgehead atoms. The van der Waals surface area contributed by atoms with Gasteiger partial charge in [-0.15, -0.1) is 0 Å². The number of nitrogens with zero attached hydrogens (tertiary/aromatic N) is 8. The topological polar surface area (TPSA) is 184 Å². The van der Waals surface area contributed by atoms with Crippen molar-refractivity contribution in [1.82, 2.24) is 44.2 Å². The molecule has 10 aromatic rings. The quantitative estimate of drug-likeness (QED) is 0.0749. The molecule has 2 amide bonds. The molecule has 2 fully saturated rings. The molecule has 16 nitrogen and oxygen atoms in total. The Labute approximate surface area is 469 Å². The largest absolute Gasteiger partial charge is 0.392 e. The van der Waals surface area contributed by atoms with E-state index in [2.05, 4.69) is 93.6 Å². The van der Waals surface area contributed by atoms with E-state index in [1.54, 1.807) is 6.07 Å². The van der Waals surface area contributed by atoms with Crippen molar-refractivity contribution < 1.29 is 4.79 Å². The van der Waals surface area contributed by atoms with Crippen LogP contribution in [0.1, 0.15) is 55.8 Å². The van der Waals surface area contributed by atoms with Crippen LogP contribution in [0.5, 0.6) is 0 Å². The fraction of sp³-hybridized carbons (Fsp3) is 0.215. The number of anilines is 2. The van der Waals surface area contributed by atoms with Gasteiger partial charge in [0, 0.05) is 69.0 Å². The van der Waals surface area contributed by atoms with Crippen LogP contribution in [-0.4, -0.2) is 77.6 Å². The predicted octanol–water partition coefficient (Wildman–Crippen LogP) is 12.6. The number of amides is 2. The summed E-state index contributed by atoms with van der Waals surface area (Å²) in [4.78, 5) is 65.0. The molecule has 0 spiro atoms. The van der Waals surface area contributed by atoms with Gasteiger partial charge in [0.05, 0.1) is 46.6 Å². The molecule has 0 radical (unpaired) electrons.